The summed E-state index contributed by atoms with van der Waals surface area (Å²) in [6.07, 6.45) is 1.52. The fraction of sp³-hybridized carbons (Fsp3) is 0.214. The van der Waals surface area contributed by atoms with Gasteiger partial charge >= 0.3 is 0 Å². The number of methoxy groups -OCH3 is 1. The highest BCUT2D eigenvalue weighted by molar-refractivity contribution is 7.80. The molecule has 110 valence electrons. The SMILES string of the molecule is COc1cc(C(=O)Nc2c(C(N)=S)cnn2C)ccc1C. The number of aryl methyl sites for hydroxylation is 2. The van der Waals surface area contributed by atoms with Gasteiger partial charge in [0.15, 0.2) is 0 Å². The van der Waals surface area contributed by atoms with Crippen molar-refractivity contribution in [2.45, 2.75) is 6.92 Å². The molecule has 0 bridgehead atoms. The maximum Gasteiger partial charge on any atom is 0.256 e. The summed E-state index contributed by atoms with van der Waals surface area (Å²) in [5.74, 6) is 0.837. The number of ether oxygens (including phenoxy) is 1. The van der Waals surface area contributed by atoms with Crippen molar-refractivity contribution in [3.05, 3.63) is 41.1 Å². The van der Waals surface area contributed by atoms with Gasteiger partial charge in [0.05, 0.1) is 18.9 Å². The van der Waals surface area contributed by atoms with Gasteiger partial charge in [-0.25, -0.2) is 0 Å². The summed E-state index contributed by atoms with van der Waals surface area (Å²) in [5, 5.41) is 6.81. The van der Waals surface area contributed by atoms with Gasteiger partial charge in [-0.05, 0) is 24.6 Å². The number of carbonyl (C=O) groups excluding carboxylic acids is 1. The van der Waals surface area contributed by atoms with E-state index >= 15 is 0 Å². The third-order valence-corrected chi connectivity index (χ3v) is 3.33. The molecule has 21 heavy (non-hydrogen) atoms. The lowest BCUT2D eigenvalue weighted by molar-refractivity contribution is 0.102. The number of carbonyl (C=O) groups is 1. The number of nitrogens with one attached hydrogen (secondary N) is 1. The summed E-state index contributed by atoms with van der Waals surface area (Å²) in [7, 11) is 3.27. The average molecular weight is 304 g/mol. The van der Waals surface area contributed by atoms with Crippen molar-refractivity contribution in [3.63, 3.8) is 0 Å². The zero-order valence-corrected chi connectivity index (χ0v) is 12.8. The van der Waals surface area contributed by atoms with Crippen LogP contribution < -0.4 is 15.8 Å². The first-order chi connectivity index (χ1) is 9.93. The Bertz CT molecular complexity index is 709. The molecule has 0 aliphatic rings. The zero-order valence-electron chi connectivity index (χ0n) is 12.0. The van der Waals surface area contributed by atoms with Gasteiger partial charge in [0.2, 0.25) is 0 Å². The first-order valence-electron chi connectivity index (χ1n) is 6.22. The normalized spacial score (nSPS) is 10.2. The number of hydrogen-bond acceptors (Lipinski definition) is 4. The number of benzene rings is 1. The second-order valence-corrected chi connectivity index (χ2v) is 4.97. The van der Waals surface area contributed by atoms with E-state index in [1.807, 2.05) is 13.0 Å². The number of anilines is 1. The van der Waals surface area contributed by atoms with Crippen LogP contribution in [-0.4, -0.2) is 27.8 Å². The largest absolute Gasteiger partial charge is 0.496 e. The van der Waals surface area contributed by atoms with Crippen LogP contribution >= 0.6 is 12.2 Å². The van der Waals surface area contributed by atoms with E-state index in [1.165, 1.54) is 10.9 Å². The van der Waals surface area contributed by atoms with Gasteiger partial charge in [-0.15, -0.1) is 0 Å². The Labute approximate surface area is 127 Å². The molecule has 0 aliphatic heterocycles. The van der Waals surface area contributed by atoms with Gasteiger partial charge in [0.1, 0.15) is 16.6 Å². The molecule has 1 aromatic heterocycles. The Morgan fingerprint density at radius 3 is 2.81 bits per heavy atom. The van der Waals surface area contributed by atoms with Crippen molar-refractivity contribution < 1.29 is 9.53 Å². The van der Waals surface area contributed by atoms with Crippen molar-refractivity contribution in [2.24, 2.45) is 12.8 Å². The number of amides is 1. The summed E-state index contributed by atoms with van der Waals surface area (Å²) in [6, 6.07) is 5.23. The maximum atomic E-state index is 12.3. The second kappa shape index (κ2) is 5.92. The maximum absolute atomic E-state index is 12.3. The van der Waals surface area contributed by atoms with Crippen molar-refractivity contribution >= 4 is 28.9 Å². The monoisotopic (exact) mass is 304 g/mol. The lowest BCUT2D eigenvalue weighted by Crippen LogP contribution is -2.18. The Kier molecular flexibility index (Phi) is 4.23. The van der Waals surface area contributed by atoms with Crippen molar-refractivity contribution in [3.8, 4) is 5.75 Å². The third kappa shape index (κ3) is 3.03. The highest BCUT2D eigenvalue weighted by Gasteiger charge is 2.15. The van der Waals surface area contributed by atoms with Gasteiger partial charge in [0, 0.05) is 12.6 Å². The van der Waals surface area contributed by atoms with Gasteiger partial charge in [-0.1, -0.05) is 18.3 Å². The standard InChI is InChI=1S/C14H16N4O2S/c1-8-4-5-9(6-11(8)20-3)14(19)17-13-10(12(15)21)7-16-18(13)2/h4-7H,1-3H3,(H2,15,21)(H,17,19). The van der Waals surface area contributed by atoms with Crippen LogP contribution in [-0.2, 0) is 7.05 Å². The number of nitrogens with two attached hydrogens (primary N) is 1. The van der Waals surface area contributed by atoms with E-state index < -0.39 is 0 Å². The first kappa shape index (κ1) is 15.0. The van der Waals surface area contributed by atoms with E-state index in [9.17, 15) is 4.79 Å². The molecule has 2 aromatic rings. The summed E-state index contributed by atoms with van der Waals surface area (Å²) in [4.78, 5) is 12.5. The van der Waals surface area contributed by atoms with Gasteiger partial charge < -0.3 is 15.8 Å². The van der Waals surface area contributed by atoms with Crippen molar-refractivity contribution in [2.75, 3.05) is 12.4 Å². The fourth-order valence-electron chi connectivity index (χ4n) is 1.91. The minimum absolute atomic E-state index is 0.180. The summed E-state index contributed by atoms with van der Waals surface area (Å²) in [5.41, 5.74) is 7.58. The molecule has 0 fully saturated rings. The van der Waals surface area contributed by atoms with Crippen LogP contribution in [0, 0.1) is 6.92 Å². The molecule has 1 aromatic carbocycles. The minimum atomic E-state index is -0.283. The van der Waals surface area contributed by atoms with Gasteiger partial charge in [-0.3, -0.25) is 9.48 Å². The van der Waals surface area contributed by atoms with E-state index in [1.54, 1.807) is 26.3 Å². The lowest BCUT2D eigenvalue weighted by Gasteiger charge is -2.10. The number of hydrogen-bond donors (Lipinski definition) is 2. The van der Waals surface area contributed by atoms with Gasteiger partial charge in [0.25, 0.3) is 5.91 Å². The van der Waals surface area contributed by atoms with E-state index in [4.69, 9.17) is 22.7 Å². The number of aromatic nitrogens is 2. The van der Waals surface area contributed by atoms with Crippen LogP contribution in [0.5, 0.6) is 5.75 Å². The van der Waals surface area contributed by atoms with E-state index in [0.717, 1.165) is 5.56 Å². The van der Waals surface area contributed by atoms with E-state index in [-0.39, 0.29) is 10.9 Å². The predicted molar refractivity (Wildman–Crippen MR) is 84.8 cm³/mol. The smallest absolute Gasteiger partial charge is 0.256 e. The molecule has 7 heteroatoms. The van der Waals surface area contributed by atoms with E-state index in [2.05, 4.69) is 10.4 Å². The molecular formula is C14H16N4O2S. The summed E-state index contributed by atoms with van der Waals surface area (Å²) in [6.45, 7) is 1.91. The van der Waals surface area contributed by atoms with Crippen LogP contribution in [0.15, 0.2) is 24.4 Å². The molecule has 0 atom stereocenters. The van der Waals surface area contributed by atoms with Crippen molar-refractivity contribution in [1.82, 2.24) is 9.78 Å². The quantitative estimate of drug-likeness (QED) is 0.839. The van der Waals surface area contributed by atoms with Crippen LogP contribution in [0.1, 0.15) is 21.5 Å². The molecule has 2 rings (SSSR count). The molecule has 1 heterocycles. The lowest BCUT2D eigenvalue weighted by atomic mass is 10.1. The second-order valence-electron chi connectivity index (χ2n) is 4.53. The molecule has 3 N–H and O–H groups in total. The van der Waals surface area contributed by atoms with Gasteiger partial charge in [-0.2, -0.15) is 5.10 Å². The molecule has 0 unspecified atom stereocenters. The molecule has 0 radical (unpaired) electrons. The third-order valence-electron chi connectivity index (χ3n) is 3.11. The summed E-state index contributed by atoms with van der Waals surface area (Å²) < 4.78 is 6.73. The van der Waals surface area contributed by atoms with Crippen LogP contribution in [0.4, 0.5) is 5.82 Å². The predicted octanol–water partition coefficient (Wildman–Crippen LogP) is 1.62. The number of thiocarbonyl (C=S) groups is 1. The molecule has 0 spiro atoms. The first-order valence-corrected chi connectivity index (χ1v) is 6.62. The molecular weight excluding hydrogens is 288 g/mol. The highest BCUT2D eigenvalue weighted by Crippen LogP contribution is 2.21. The molecule has 1 amide bonds. The highest BCUT2D eigenvalue weighted by atomic mass is 32.1. The Hall–Kier alpha value is -2.41. The molecule has 0 aliphatic carbocycles. The topological polar surface area (TPSA) is 82.2 Å². The zero-order chi connectivity index (χ0) is 15.6. The summed E-state index contributed by atoms with van der Waals surface area (Å²) >= 11 is 4.94. The number of rotatable bonds is 4. The molecule has 0 saturated carbocycles. The minimum Gasteiger partial charge on any atom is -0.496 e. The Morgan fingerprint density at radius 1 is 1.48 bits per heavy atom. The fourth-order valence-corrected chi connectivity index (χ4v) is 2.06. The Morgan fingerprint density at radius 2 is 2.19 bits per heavy atom. The number of nitrogens with zero attached hydrogens (tertiary/aromatic N) is 2. The van der Waals surface area contributed by atoms with E-state index in [0.29, 0.717) is 22.7 Å². The van der Waals surface area contributed by atoms with Crippen LogP contribution in [0.3, 0.4) is 0 Å². The van der Waals surface area contributed by atoms with Crippen molar-refractivity contribution in [1.29, 1.82) is 0 Å². The van der Waals surface area contributed by atoms with Crippen LogP contribution in [0.2, 0.25) is 0 Å². The molecule has 0 saturated heterocycles. The van der Waals surface area contributed by atoms with Crippen LogP contribution in [0.25, 0.3) is 0 Å². The Balaban J connectivity index is 2.30. The average Bonchev–Trinajstić information content (AvgIpc) is 2.81. The molecule has 6 nitrogen and oxygen atoms in total.